The second-order valence-corrected chi connectivity index (χ2v) is 4.32. The van der Waals surface area contributed by atoms with Crippen molar-refractivity contribution in [2.24, 2.45) is 0 Å². The largest absolute Gasteiger partial charge is 0.333 e. The standard InChI is InChI=1S/C12H14FN3O3/c1-2-15(9-6-14-7-9)12(17)10-4-3-8(13)5-11(10)16(18)19/h3-5,9,14H,2,6-7H2,1H3. The smallest absolute Gasteiger partial charge is 0.285 e. The molecule has 1 amide bonds. The molecule has 2 rings (SSSR count). The molecule has 7 heteroatoms. The van der Waals surface area contributed by atoms with Crippen molar-refractivity contribution in [2.75, 3.05) is 19.6 Å². The highest BCUT2D eigenvalue weighted by molar-refractivity contribution is 5.98. The molecule has 0 atom stereocenters. The van der Waals surface area contributed by atoms with Crippen LogP contribution >= 0.6 is 0 Å². The highest BCUT2D eigenvalue weighted by atomic mass is 19.1. The maximum absolute atomic E-state index is 13.1. The molecule has 0 spiro atoms. The zero-order valence-electron chi connectivity index (χ0n) is 10.4. The van der Waals surface area contributed by atoms with Gasteiger partial charge >= 0.3 is 0 Å². The third-order valence-corrected chi connectivity index (χ3v) is 3.19. The first-order valence-electron chi connectivity index (χ1n) is 6.00. The van der Waals surface area contributed by atoms with E-state index in [9.17, 15) is 19.3 Å². The molecular formula is C12H14FN3O3. The van der Waals surface area contributed by atoms with Crippen LogP contribution in [0, 0.1) is 15.9 Å². The van der Waals surface area contributed by atoms with E-state index >= 15 is 0 Å². The second-order valence-electron chi connectivity index (χ2n) is 4.32. The Morgan fingerprint density at radius 2 is 2.26 bits per heavy atom. The predicted octanol–water partition coefficient (Wildman–Crippen LogP) is 1.17. The topological polar surface area (TPSA) is 75.5 Å². The number of nitro groups is 1. The molecule has 0 unspecified atom stereocenters. The monoisotopic (exact) mass is 267 g/mol. The van der Waals surface area contributed by atoms with Crippen LogP contribution in [0.25, 0.3) is 0 Å². The molecule has 0 aromatic heterocycles. The minimum absolute atomic E-state index is 0.0437. The van der Waals surface area contributed by atoms with Crippen LogP contribution in [-0.2, 0) is 0 Å². The Balaban J connectivity index is 2.34. The molecule has 1 heterocycles. The van der Waals surface area contributed by atoms with E-state index in [0.717, 1.165) is 12.1 Å². The summed E-state index contributed by atoms with van der Waals surface area (Å²) in [7, 11) is 0. The van der Waals surface area contributed by atoms with Crippen molar-refractivity contribution >= 4 is 11.6 Å². The lowest BCUT2D eigenvalue weighted by Gasteiger charge is -2.37. The fraction of sp³-hybridized carbons (Fsp3) is 0.417. The van der Waals surface area contributed by atoms with E-state index in [1.165, 1.54) is 6.07 Å². The van der Waals surface area contributed by atoms with Gasteiger partial charge in [0.25, 0.3) is 11.6 Å². The summed E-state index contributed by atoms with van der Waals surface area (Å²) >= 11 is 0. The van der Waals surface area contributed by atoms with E-state index in [4.69, 9.17) is 0 Å². The Bertz CT molecular complexity index is 517. The molecular weight excluding hydrogens is 253 g/mol. The van der Waals surface area contributed by atoms with Crippen LogP contribution in [0.3, 0.4) is 0 Å². The predicted molar refractivity (Wildman–Crippen MR) is 66.4 cm³/mol. The Morgan fingerprint density at radius 1 is 1.58 bits per heavy atom. The Hall–Kier alpha value is -2.02. The summed E-state index contributed by atoms with van der Waals surface area (Å²) in [6.45, 7) is 3.62. The zero-order chi connectivity index (χ0) is 14.0. The average molecular weight is 267 g/mol. The van der Waals surface area contributed by atoms with Gasteiger partial charge in [-0.25, -0.2) is 4.39 Å². The molecule has 1 aliphatic rings. The summed E-state index contributed by atoms with van der Waals surface area (Å²) in [5.74, 6) is -1.16. The molecule has 0 aliphatic carbocycles. The summed E-state index contributed by atoms with van der Waals surface area (Å²) in [6, 6.07) is 3.06. The first-order valence-corrected chi connectivity index (χ1v) is 6.00. The van der Waals surface area contributed by atoms with Crippen molar-refractivity contribution in [2.45, 2.75) is 13.0 Å². The molecule has 6 nitrogen and oxygen atoms in total. The molecule has 19 heavy (non-hydrogen) atoms. The molecule has 1 saturated heterocycles. The van der Waals surface area contributed by atoms with Crippen molar-refractivity contribution in [1.29, 1.82) is 0 Å². The quantitative estimate of drug-likeness (QED) is 0.656. The van der Waals surface area contributed by atoms with Gasteiger partial charge in [-0.3, -0.25) is 14.9 Å². The van der Waals surface area contributed by atoms with Gasteiger partial charge in [-0.05, 0) is 19.1 Å². The maximum atomic E-state index is 13.1. The number of carbonyl (C=O) groups is 1. The van der Waals surface area contributed by atoms with E-state index in [1.807, 2.05) is 6.92 Å². The van der Waals surface area contributed by atoms with E-state index in [-0.39, 0.29) is 11.6 Å². The third kappa shape index (κ3) is 2.55. The zero-order valence-corrected chi connectivity index (χ0v) is 10.4. The van der Waals surface area contributed by atoms with Crippen LogP contribution in [0.15, 0.2) is 18.2 Å². The first kappa shape index (κ1) is 13.4. The fourth-order valence-corrected chi connectivity index (χ4v) is 2.05. The number of nitrogens with zero attached hydrogens (tertiary/aromatic N) is 2. The molecule has 0 saturated carbocycles. The number of hydrogen-bond acceptors (Lipinski definition) is 4. The number of hydrogen-bond donors (Lipinski definition) is 1. The second kappa shape index (κ2) is 5.31. The van der Waals surface area contributed by atoms with Gasteiger partial charge in [0.05, 0.1) is 17.0 Å². The Labute approximate surface area is 109 Å². The average Bonchev–Trinajstić information content (AvgIpc) is 2.32. The van der Waals surface area contributed by atoms with Gasteiger partial charge in [0.1, 0.15) is 11.4 Å². The van der Waals surface area contributed by atoms with Gasteiger partial charge in [0.15, 0.2) is 0 Å². The van der Waals surface area contributed by atoms with Crippen LogP contribution in [0.5, 0.6) is 0 Å². The number of rotatable bonds is 4. The summed E-state index contributed by atoms with van der Waals surface area (Å²) in [5, 5.41) is 13.9. The molecule has 1 fully saturated rings. The lowest BCUT2D eigenvalue weighted by Crippen LogP contribution is -2.58. The van der Waals surface area contributed by atoms with Crippen LogP contribution in [0.1, 0.15) is 17.3 Å². The van der Waals surface area contributed by atoms with Crippen LogP contribution in [-0.4, -0.2) is 41.4 Å². The number of halogens is 1. The third-order valence-electron chi connectivity index (χ3n) is 3.19. The highest BCUT2D eigenvalue weighted by Crippen LogP contribution is 2.22. The Morgan fingerprint density at radius 3 is 2.74 bits per heavy atom. The van der Waals surface area contributed by atoms with Crippen molar-refractivity contribution in [3.05, 3.63) is 39.7 Å². The number of benzene rings is 1. The maximum Gasteiger partial charge on any atom is 0.285 e. The molecule has 1 aromatic rings. The molecule has 1 aromatic carbocycles. The molecule has 0 radical (unpaired) electrons. The summed E-state index contributed by atoms with van der Waals surface area (Å²) in [4.78, 5) is 24.0. The molecule has 1 N–H and O–H groups in total. The van der Waals surface area contributed by atoms with Crippen molar-refractivity contribution in [3.63, 3.8) is 0 Å². The number of carbonyl (C=O) groups excluding carboxylic acids is 1. The number of likely N-dealkylation sites (N-methyl/N-ethyl adjacent to an activating group) is 1. The van der Waals surface area contributed by atoms with Gasteiger partial charge in [-0.2, -0.15) is 0 Å². The van der Waals surface area contributed by atoms with E-state index < -0.39 is 22.3 Å². The van der Waals surface area contributed by atoms with E-state index in [2.05, 4.69) is 5.32 Å². The minimum atomic E-state index is -0.733. The van der Waals surface area contributed by atoms with Crippen molar-refractivity contribution < 1.29 is 14.1 Å². The first-order chi connectivity index (χ1) is 9.04. The van der Waals surface area contributed by atoms with Crippen LogP contribution in [0.4, 0.5) is 10.1 Å². The summed E-state index contributed by atoms with van der Waals surface area (Å²) < 4.78 is 13.1. The van der Waals surface area contributed by atoms with Crippen LogP contribution < -0.4 is 5.32 Å². The fourth-order valence-electron chi connectivity index (χ4n) is 2.05. The molecule has 0 bridgehead atoms. The summed E-state index contributed by atoms with van der Waals surface area (Å²) in [6.07, 6.45) is 0. The van der Waals surface area contributed by atoms with Gasteiger partial charge in [0, 0.05) is 19.6 Å². The molecule has 1 aliphatic heterocycles. The van der Waals surface area contributed by atoms with Gasteiger partial charge in [0.2, 0.25) is 0 Å². The van der Waals surface area contributed by atoms with Gasteiger partial charge in [-0.1, -0.05) is 0 Å². The minimum Gasteiger partial charge on any atom is -0.333 e. The SMILES string of the molecule is CCN(C(=O)c1ccc(F)cc1[N+](=O)[O-])C1CNC1. The Kier molecular flexibility index (Phi) is 3.75. The number of amides is 1. The highest BCUT2D eigenvalue weighted by Gasteiger charge is 2.31. The van der Waals surface area contributed by atoms with Crippen molar-refractivity contribution in [3.8, 4) is 0 Å². The molecule has 102 valence electrons. The lowest BCUT2D eigenvalue weighted by atomic mass is 10.1. The van der Waals surface area contributed by atoms with Crippen molar-refractivity contribution in [1.82, 2.24) is 10.2 Å². The van der Waals surface area contributed by atoms with Crippen LogP contribution in [0.2, 0.25) is 0 Å². The summed E-state index contributed by atoms with van der Waals surface area (Å²) in [5.41, 5.74) is -0.559. The van der Waals surface area contributed by atoms with E-state index in [0.29, 0.717) is 19.6 Å². The number of nitrogens with one attached hydrogen (secondary N) is 1. The number of nitro benzene ring substituents is 1. The van der Waals surface area contributed by atoms with E-state index in [1.54, 1.807) is 4.90 Å². The normalized spacial score (nSPS) is 14.8. The van der Waals surface area contributed by atoms with Gasteiger partial charge in [-0.15, -0.1) is 0 Å². The van der Waals surface area contributed by atoms with Gasteiger partial charge < -0.3 is 10.2 Å². The lowest BCUT2D eigenvalue weighted by molar-refractivity contribution is -0.385.